The maximum absolute atomic E-state index is 12.0. The fraction of sp³-hybridized carbons (Fsp3) is 0.300. The average Bonchev–Trinajstić information content (AvgIpc) is 2.26. The molecule has 1 unspecified atom stereocenters. The summed E-state index contributed by atoms with van der Waals surface area (Å²) in [6.07, 6.45) is 0. The highest BCUT2D eigenvalue weighted by Crippen LogP contribution is 2.20. The molecule has 1 atom stereocenters. The first-order valence-electron chi connectivity index (χ1n) is 4.73. The Kier molecular flexibility index (Phi) is 4.13. The van der Waals surface area contributed by atoms with Crippen molar-refractivity contribution in [3.05, 3.63) is 29.3 Å². The van der Waals surface area contributed by atoms with Gasteiger partial charge in [-0.05, 0) is 25.1 Å². The van der Waals surface area contributed by atoms with E-state index in [-0.39, 0.29) is 9.92 Å². The standard InChI is InChI=1S/C10H12ClNO4S/c1-7(10(13)14)12(2)17(15,16)9-5-3-4-8(11)6-9/h3-7H,1-2H3,(H,13,14). The van der Waals surface area contributed by atoms with Crippen molar-refractivity contribution in [3.63, 3.8) is 0 Å². The van der Waals surface area contributed by atoms with Crippen LogP contribution < -0.4 is 0 Å². The van der Waals surface area contributed by atoms with Crippen molar-refractivity contribution in [2.45, 2.75) is 17.9 Å². The molecule has 0 radical (unpaired) electrons. The molecule has 0 aromatic heterocycles. The third-order valence-electron chi connectivity index (χ3n) is 2.38. The van der Waals surface area contributed by atoms with Crippen LogP contribution in [0.3, 0.4) is 0 Å². The van der Waals surface area contributed by atoms with Crippen LogP contribution in [0.1, 0.15) is 6.92 Å². The molecular formula is C10H12ClNO4S. The van der Waals surface area contributed by atoms with Crippen LogP contribution >= 0.6 is 11.6 Å². The van der Waals surface area contributed by atoms with E-state index in [0.29, 0.717) is 0 Å². The van der Waals surface area contributed by atoms with Gasteiger partial charge in [0, 0.05) is 12.1 Å². The SMILES string of the molecule is CC(C(=O)O)N(C)S(=O)(=O)c1cccc(Cl)c1. The number of carboxylic acids is 1. The summed E-state index contributed by atoms with van der Waals surface area (Å²) in [5.74, 6) is -1.21. The number of hydrogen-bond acceptors (Lipinski definition) is 3. The molecule has 0 amide bonds. The van der Waals surface area contributed by atoms with Crippen LogP contribution in [-0.4, -0.2) is 36.9 Å². The molecule has 0 spiro atoms. The number of sulfonamides is 1. The molecule has 7 heteroatoms. The van der Waals surface area contributed by atoms with E-state index in [9.17, 15) is 13.2 Å². The van der Waals surface area contributed by atoms with Crippen LogP contribution in [-0.2, 0) is 14.8 Å². The van der Waals surface area contributed by atoms with Gasteiger partial charge in [0.25, 0.3) is 0 Å². The molecular weight excluding hydrogens is 266 g/mol. The van der Waals surface area contributed by atoms with Crippen molar-refractivity contribution >= 4 is 27.6 Å². The topological polar surface area (TPSA) is 74.7 Å². The van der Waals surface area contributed by atoms with Crippen LogP contribution in [0.15, 0.2) is 29.2 Å². The van der Waals surface area contributed by atoms with E-state index in [1.807, 2.05) is 0 Å². The molecule has 0 aliphatic rings. The average molecular weight is 278 g/mol. The van der Waals surface area contributed by atoms with Crippen LogP contribution in [0, 0.1) is 0 Å². The fourth-order valence-electron chi connectivity index (χ4n) is 1.16. The number of likely N-dealkylation sites (N-methyl/N-ethyl adjacent to an activating group) is 1. The van der Waals surface area contributed by atoms with Gasteiger partial charge in [-0.2, -0.15) is 4.31 Å². The third kappa shape index (κ3) is 2.96. The molecule has 1 N–H and O–H groups in total. The van der Waals surface area contributed by atoms with Crippen molar-refractivity contribution in [1.82, 2.24) is 4.31 Å². The molecule has 5 nitrogen and oxygen atoms in total. The number of aliphatic carboxylic acids is 1. The van der Waals surface area contributed by atoms with Crippen LogP contribution in [0.25, 0.3) is 0 Å². The van der Waals surface area contributed by atoms with Crippen molar-refractivity contribution in [2.24, 2.45) is 0 Å². The van der Waals surface area contributed by atoms with E-state index in [1.165, 1.54) is 32.2 Å². The summed E-state index contributed by atoms with van der Waals surface area (Å²) in [5, 5.41) is 9.07. The van der Waals surface area contributed by atoms with Crippen LogP contribution in [0.5, 0.6) is 0 Å². The molecule has 0 bridgehead atoms. The van der Waals surface area contributed by atoms with Crippen LogP contribution in [0.4, 0.5) is 0 Å². The second-order valence-corrected chi connectivity index (χ2v) is 5.93. The Hall–Kier alpha value is -1.11. The van der Waals surface area contributed by atoms with Gasteiger partial charge >= 0.3 is 5.97 Å². The lowest BCUT2D eigenvalue weighted by Crippen LogP contribution is -2.40. The molecule has 0 saturated heterocycles. The van der Waals surface area contributed by atoms with Gasteiger partial charge in [0.15, 0.2) is 0 Å². The second kappa shape index (κ2) is 5.03. The third-order valence-corrected chi connectivity index (χ3v) is 4.54. The Labute approximate surface area is 105 Å². The number of hydrogen-bond donors (Lipinski definition) is 1. The van der Waals surface area contributed by atoms with Crippen molar-refractivity contribution < 1.29 is 18.3 Å². The van der Waals surface area contributed by atoms with E-state index in [2.05, 4.69) is 0 Å². The Bertz CT molecular complexity index is 529. The highest BCUT2D eigenvalue weighted by molar-refractivity contribution is 7.89. The molecule has 17 heavy (non-hydrogen) atoms. The first kappa shape index (κ1) is 14.0. The molecule has 94 valence electrons. The van der Waals surface area contributed by atoms with E-state index in [1.54, 1.807) is 6.07 Å². The summed E-state index contributed by atoms with van der Waals surface area (Å²) < 4.78 is 24.9. The largest absolute Gasteiger partial charge is 0.480 e. The van der Waals surface area contributed by atoms with Crippen molar-refractivity contribution in [2.75, 3.05) is 7.05 Å². The molecule has 1 aromatic rings. The Balaban J connectivity index is 3.16. The smallest absolute Gasteiger partial charge is 0.321 e. The van der Waals surface area contributed by atoms with Crippen molar-refractivity contribution in [3.8, 4) is 0 Å². The number of carboxylic acid groups (broad SMARTS) is 1. The van der Waals surface area contributed by atoms with Gasteiger partial charge in [-0.1, -0.05) is 17.7 Å². The van der Waals surface area contributed by atoms with E-state index in [0.717, 1.165) is 4.31 Å². The summed E-state index contributed by atoms with van der Waals surface area (Å²) in [5.41, 5.74) is 0. The number of halogens is 1. The molecule has 0 aliphatic heterocycles. The Morgan fingerprint density at radius 1 is 1.47 bits per heavy atom. The maximum Gasteiger partial charge on any atom is 0.321 e. The van der Waals surface area contributed by atoms with E-state index < -0.39 is 22.0 Å². The van der Waals surface area contributed by atoms with Gasteiger partial charge in [0.1, 0.15) is 6.04 Å². The summed E-state index contributed by atoms with van der Waals surface area (Å²) in [6, 6.07) is 4.54. The molecule has 1 aromatic carbocycles. The minimum absolute atomic E-state index is 0.0272. The normalized spacial score (nSPS) is 13.6. The van der Waals surface area contributed by atoms with Gasteiger partial charge in [0.2, 0.25) is 10.0 Å². The lowest BCUT2D eigenvalue weighted by molar-refractivity contribution is -0.140. The number of rotatable bonds is 4. The lowest BCUT2D eigenvalue weighted by Gasteiger charge is -2.21. The highest BCUT2D eigenvalue weighted by atomic mass is 35.5. The molecule has 0 fully saturated rings. The first-order chi connectivity index (χ1) is 7.76. The predicted octanol–water partition coefficient (Wildman–Crippen LogP) is 1.43. The minimum atomic E-state index is -3.84. The summed E-state index contributed by atoms with van der Waals surface area (Å²) in [6.45, 7) is 1.30. The molecule has 1 rings (SSSR count). The van der Waals surface area contributed by atoms with E-state index >= 15 is 0 Å². The Morgan fingerprint density at radius 2 is 2.06 bits per heavy atom. The van der Waals surface area contributed by atoms with Gasteiger partial charge < -0.3 is 5.11 Å². The first-order valence-corrected chi connectivity index (χ1v) is 6.55. The zero-order chi connectivity index (χ0) is 13.2. The monoisotopic (exact) mass is 277 g/mol. The van der Waals surface area contributed by atoms with Crippen LogP contribution in [0.2, 0.25) is 5.02 Å². The summed E-state index contributed by atoms with van der Waals surface area (Å²) in [7, 11) is -2.62. The van der Waals surface area contributed by atoms with Crippen molar-refractivity contribution in [1.29, 1.82) is 0 Å². The molecule has 0 saturated carbocycles. The van der Waals surface area contributed by atoms with E-state index in [4.69, 9.17) is 16.7 Å². The lowest BCUT2D eigenvalue weighted by atomic mass is 10.4. The Morgan fingerprint density at radius 3 is 2.53 bits per heavy atom. The quantitative estimate of drug-likeness (QED) is 0.903. The zero-order valence-corrected chi connectivity index (χ0v) is 10.9. The maximum atomic E-state index is 12.0. The summed E-state index contributed by atoms with van der Waals surface area (Å²) >= 11 is 5.70. The number of carbonyl (C=O) groups is 1. The zero-order valence-electron chi connectivity index (χ0n) is 9.29. The summed E-state index contributed by atoms with van der Waals surface area (Å²) in [4.78, 5) is 10.7. The molecule has 0 heterocycles. The molecule has 0 aliphatic carbocycles. The van der Waals surface area contributed by atoms with Gasteiger partial charge in [-0.15, -0.1) is 0 Å². The number of benzene rings is 1. The predicted molar refractivity (Wildman–Crippen MR) is 63.5 cm³/mol. The highest BCUT2D eigenvalue weighted by Gasteiger charge is 2.29. The van der Waals surface area contributed by atoms with Gasteiger partial charge in [-0.3, -0.25) is 4.79 Å². The second-order valence-electron chi connectivity index (χ2n) is 3.49. The minimum Gasteiger partial charge on any atom is -0.480 e. The fourth-order valence-corrected chi connectivity index (χ4v) is 2.78. The van der Waals surface area contributed by atoms with Gasteiger partial charge in [0.05, 0.1) is 4.90 Å². The number of nitrogens with zero attached hydrogens (tertiary/aromatic N) is 1. The van der Waals surface area contributed by atoms with Gasteiger partial charge in [-0.25, -0.2) is 8.42 Å².